The van der Waals surface area contributed by atoms with Crippen LogP contribution in [0.15, 0.2) is 17.4 Å². The zero-order chi connectivity index (χ0) is 18.1. The normalized spacial score (nSPS) is 13.3. The van der Waals surface area contributed by atoms with Crippen molar-refractivity contribution >= 4 is 23.5 Å². The largest absolute Gasteiger partial charge is 0.451 e. The molecule has 0 bridgehead atoms. The van der Waals surface area contributed by atoms with Crippen LogP contribution in [0.2, 0.25) is 0 Å². The number of anilines is 1. The fourth-order valence-electron chi connectivity index (χ4n) is 1.93. The fourth-order valence-corrected chi connectivity index (χ4v) is 2.74. The van der Waals surface area contributed by atoms with Gasteiger partial charge in [0, 0.05) is 19.2 Å². The molecule has 2 heterocycles. The molecule has 24 heavy (non-hydrogen) atoms. The number of rotatable bonds is 5. The minimum Gasteiger partial charge on any atom is -0.310 e. The summed E-state index contributed by atoms with van der Waals surface area (Å²) < 4.78 is 40.6. The monoisotopic (exact) mass is 362 g/mol. The first-order valence-electron chi connectivity index (χ1n) is 7.09. The molecule has 2 aromatic rings. The number of nitrogens with zero attached hydrogens (tertiary/aromatic N) is 5. The first kappa shape index (κ1) is 18.3. The summed E-state index contributed by atoms with van der Waals surface area (Å²) in [6.45, 7) is 5.41. The van der Waals surface area contributed by atoms with Gasteiger partial charge in [-0.05, 0) is 20.8 Å². The average molecular weight is 362 g/mol. The van der Waals surface area contributed by atoms with Gasteiger partial charge in [0.15, 0.2) is 5.16 Å². The first-order chi connectivity index (χ1) is 11.1. The number of carbonyl (C=O) groups is 1. The summed E-state index contributed by atoms with van der Waals surface area (Å²) >= 11 is 0.899. The van der Waals surface area contributed by atoms with Crippen LogP contribution in [0.5, 0.6) is 0 Å². The zero-order valence-electron chi connectivity index (χ0n) is 13.5. The van der Waals surface area contributed by atoms with E-state index in [1.165, 1.54) is 7.05 Å². The van der Waals surface area contributed by atoms with E-state index < -0.39 is 17.3 Å². The zero-order valence-corrected chi connectivity index (χ0v) is 14.3. The lowest BCUT2D eigenvalue weighted by Crippen LogP contribution is -2.25. The highest BCUT2D eigenvalue weighted by atomic mass is 32.2. The smallest absolute Gasteiger partial charge is 0.310 e. The van der Waals surface area contributed by atoms with Crippen LogP contribution in [-0.4, -0.2) is 35.7 Å². The minimum atomic E-state index is -4.59. The highest BCUT2D eigenvalue weighted by molar-refractivity contribution is 8.00. The molecule has 0 aliphatic heterocycles. The predicted octanol–water partition coefficient (Wildman–Crippen LogP) is 2.73. The summed E-state index contributed by atoms with van der Waals surface area (Å²) in [4.78, 5) is 12.3. The second-order valence-corrected chi connectivity index (χ2v) is 6.68. The van der Waals surface area contributed by atoms with Crippen molar-refractivity contribution in [3.63, 3.8) is 0 Å². The third-order valence-electron chi connectivity index (χ3n) is 3.15. The van der Waals surface area contributed by atoms with Gasteiger partial charge >= 0.3 is 6.18 Å². The Hall–Kier alpha value is -2.04. The predicted molar refractivity (Wildman–Crippen MR) is 82.6 cm³/mol. The summed E-state index contributed by atoms with van der Waals surface area (Å²) in [5, 5.41) is 12.8. The van der Waals surface area contributed by atoms with Crippen molar-refractivity contribution in [3.05, 3.63) is 18.1 Å². The minimum absolute atomic E-state index is 0.0161. The summed E-state index contributed by atoms with van der Waals surface area (Å²) in [5.74, 6) is -0.939. The molecule has 0 fully saturated rings. The number of hydrogen-bond acceptors (Lipinski definition) is 5. The molecule has 0 unspecified atom stereocenters. The third-order valence-corrected chi connectivity index (χ3v) is 4.28. The average Bonchev–Trinajstić information content (AvgIpc) is 3.05. The van der Waals surface area contributed by atoms with Crippen LogP contribution in [0.25, 0.3) is 0 Å². The van der Waals surface area contributed by atoms with Crippen LogP contribution in [0.3, 0.4) is 0 Å². The Balaban J connectivity index is 2.07. The standard InChI is InChI=1S/C13H17F3N6OS/c1-7(2)22-9(5-6-17-22)18-10(23)8(3)24-12-20-19-11(21(12)4)13(14,15)16/h5-8H,1-4H3,(H,18,23)/t8-/m0/s1. The van der Waals surface area contributed by atoms with E-state index in [-0.39, 0.29) is 17.1 Å². The second kappa shape index (κ2) is 6.83. The van der Waals surface area contributed by atoms with Gasteiger partial charge in [-0.1, -0.05) is 11.8 Å². The van der Waals surface area contributed by atoms with E-state index in [1.54, 1.807) is 23.9 Å². The Morgan fingerprint density at radius 2 is 1.96 bits per heavy atom. The van der Waals surface area contributed by atoms with Gasteiger partial charge in [-0.2, -0.15) is 18.3 Å². The molecule has 1 amide bonds. The summed E-state index contributed by atoms with van der Waals surface area (Å²) in [7, 11) is 1.21. The van der Waals surface area contributed by atoms with Crippen LogP contribution >= 0.6 is 11.8 Å². The summed E-state index contributed by atoms with van der Waals surface area (Å²) in [5.41, 5.74) is 0. The topological polar surface area (TPSA) is 77.6 Å². The van der Waals surface area contributed by atoms with Gasteiger partial charge < -0.3 is 9.88 Å². The van der Waals surface area contributed by atoms with E-state index in [0.29, 0.717) is 5.82 Å². The molecule has 2 rings (SSSR count). The number of halogens is 3. The Kier molecular flexibility index (Phi) is 5.21. The Morgan fingerprint density at radius 3 is 2.50 bits per heavy atom. The molecule has 1 N–H and O–H groups in total. The number of hydrogen-bond donors (Lipinski definition) is 1. The van der Waals surface area contributed by atoms with Crippen LogP contribution in [0.1, 0.15) is 32.6 Å². The van der Waals surface area contributed by atoms with Crippen molar-refractivity contribution in [2.45, 2.75) is 43.4 Å². The van der Waals surface area contributed by atoms with Crippen LogP contribution < -0.4 is 5.32 Å². The van der Waals surface area contributed by atoms with E-state index >= 15 is 0 Å². The molecule has 2 aromatic heterocycles. The van der Waals surface area contributed by atoms with Gasteiger partial charge in [0.2, 0.25) is 11.7 Å². The molecule has 0 aliphatic carbocycles. The molecule has 0 saturated heterocycles. The van der Waals surface area contributed by atoms with Gasteiger partial charge in [0.25, 0.3) is 0 Å². The molecule has 132 valence electrons. The van der Waals surface area contributed by atoms with Crippen LogP contribution in [0.4, 0.5) is 19.0 Å². The molecule has 0 aliphatic rings. The molecule has 0 aromatic carbocycles. The highest BCUT2D eigenvalue weighted by Gasteiger charge is 2.37. The molecule has 7 nitrogen and oxygen atoms in total. The van der Waals surface area contributed by atoms with Gasteiger partial charge in [0.05, 0.1) is 11.4 Å². The SMILES string of the molecule is CC(C)n1nccc1NC(=O)[C@H](C)Sc1nnc(C(F)(F)F)n1C. The van der Waals surface area contributed by atoms with Gasteiger partial charge in [0.1, 0.15) is 5.82 Å². The summed E-state index contributed by atoms with van der Waals surface area (Å²) in [6.07, 6.45) is -3.03. The van der Waals surface area contributed by atoms with E-state index in [0.717, 1.165) is 16.3 Å². The Bertz CT molecular complexity index is 724. The molecule has 0 saturated carbocycles. The number of amides is 1. The molecule has 0 spiro atoms. The number of thioether (sulfide) groups is 1. The second-order valence-electron chi connectivity index (χ2n) is 5.37. The Labute approximate surface area is 140 Å². The quantitative estimate of drug-likeness (QED) is 0.828. The van der Waals surface area contributed by atoms with Crippen LogP contribution in [0, 0.1) is 0 Å². The molecular formula is C13H17F3N6OS. The number of aromatic nitrogens is 5. The number of alkyl halides is 3. The van der Waals surface area contributed by atoms with E-state index in [9.17, 15) is 18.0 Å². The van der Waals surface area contributed by atoms with Gasteiger partial charge in [-0.3, -0.25) is 4.79 Å². The molecule has 0 radical (unpaired) electrons. The molecule has 11 heteroatoms. The first-order valence-corrected chi connectivity index (χ1v) is 7.96. The van der Waals surface area contributed by atoms with E-state index in [4.69, 9.17) is 0 Å². The highest BCUT2D eigenvalue weighted by Crippen LogP contribution is 2.31. The van der Waals surface area contributed by atoms with Gasteiger partial charge in [-0.25, -0.2) is 4.68 Å². The van der Waals surface area contributed by atoms with Crippen molar-refractivity contribution < 1.29 is 18.0 Å². The van der Waals surface area contributed by atoms with E-state index in [1.807, 2.05) is 13.8 Å². The third kappa shape index (κ3) is 3.89. The van der Waals surface area contributed by atoms with Crippen LogP contribution in [-0.2, 0) is 18.0 Å². The molecule has 1 atom stereocenters. The van der Waals surface area contributed by atoms with Crippen molar-refractivity contribution in [1.29, 1.82) is 0 Å². The van der Waals surface area contributed by atoms with E-state index in [2.05, 4.69) is 20.6 Å². The lowest BCUT2D eigenvalue weighted by atomic mass is 10.4. The lowest BCUT2D eigenvalue weighted by molar-refractivity contribution is -0.147. The van der Waals surface area contributed by atoms with Crippen molar-refractivity contribution in [1.82, 2.24) is 24.5 Å². The van der Waals surface area contributed by atoms with Crippen molar-refractivity contribution in [3.8, 4) is 0 Å². The van der Waals surface area contributed by atoms with Gasteiger partial charge in [-0.15, -0.1) is 10.2 Å². The fraction of sp³-hybridized carbons (Fsp3) is 0.538. The summed E-state index contributed by atoms with van der Waals surface area (Å²) in [6, 6.07) is 1.71. The maximum Gasteiger partial charge on any atom is 0.451 e. The Morgan fingerprint density at radius 1 is 1.29 bits per heavy atom. The lowest BCUT2D eigenvalue weighted by Gasteiger charge is -2.14. The van der Waals surface area contributed by atoms with Crippen molar-refractivity contribution in [2.24, 2.45) is 7.05 Å². The number of carbonyl (C=O) groups excluding carboxylic acids is 1. The number of nitrogens with one attached hydrogen (secondary N) is 1. The maximum absolute atomic E-state index is 12.7. The molecular weight excluding hydrogens is 345 g/mol. The van der Waals surface area contributed by atoms with Crippen molar-refractivity contribution in [2.75, 3.05) is 5.32 Å². The maximum atomic E-state index is 12.7.